The molecular weight excluding hydrogens is 283 g/mol. The van der Waals surface area contributed by atoms with Crippen molar-refractivity contribution in [3.05, 3.63) is 30.1 Å². The lowest BCUT2D eigenvalue weighted by molar-refractivity contribution is -0.116. The Bertz CT molecular complexity index is 474. The fraction of sp³-hybridized carbons (Fsp3) is 0.588. The molecule has 124 valence electrons. The maximum Gasteiger partial charge on any atom is 0.225 e. The molecule has 0 aliphatic rings. The second kappa shape index (κ2) is 8.25. The maximum atomic E-state index is 12.8. The van der Waals surface area contributed by atoms with Crippen molar-refractivity contribution in [2.24, 2.45) is 5.92 Å². The minimum Gasteiger partial charge on any atom is -0.389 e. The van der Waals surface area contributed by atoms with Crippen LogP contribution in [0.5, 0.6) is 0 Å². The highest BCUT2D eigenvalue weighted by molar-refractivity contribution is 5.91. The molecular formula is C17H27FN2O2. The number of halogens is 1. The summed E-state index contributed by atoms with van der Waals surface area (Å²) in [6.07, 6.45) is 1.18. The summed E-state index contributed by atoms with van der Waals surface area (Å²) in [6.45, 7) is 8.19. The number of hydrogen-bond donors (Lipinski definition) is 3. The van der Waals surface area contributed by atoms with Gasteiger partial charge in [0.1, 0.15) is 5.82 Å². The zero-order valence-electron chi connectivity index (χ0n) is 13.8. The molecule has 1 aromatic carbocycles. The molecule has 1 rings (SSSR count). The zero-order valence-corrected chi connectivity index (χ0v) is 13.8. The first-order valence-electron chi connectivity index (χ1n) is 7.75. The highest BCUT2D eigenvalue weighted by Crippen LogP contribution is 2.19. The van der Waals surface area contributed by atoms with Crippen LogP contribution < -0.4 is 10.6 Å². The van der Waals surface area contributed by atoms with Crippen LogP contribution in [-0.2, 0) is 4.79 Å². The first-order chi connectivity index (χ1) is 10.2. The van der Waals surface area contributed by atoms with Crippen LogP contribution in [0.1, 0.15) is 40.5 Å². The molecule has 0 fully saturated rings. The SMILES string of the molecule is CCC(C)C(C)(O)CNC(C)CC(=O)Nc1ccc(F)cc1. The average Bonchev–Trinajstić information content (AvgIpc) is 2.46. The van der Waals surface area contributed by atoms with E-state index in [-0.39, 0.29) is 30.1 Å². The summed E-state index contributed by atoms with van der Waals surface area (Å²) < 4.78 is 12.8. The summed E-state index contributed by atoms with van der Waals surface area (Å²) in [5.74, 6) is -0.296. The van der Waals surface area contributed by atoms with Crippen molar-refractivity contribution in [2.75, 3.05) is 11.9 Å². The average molecular weight is 310 g/mol. The van der Waals surface area contributed by atoms with Crippen molar-refractivity contribution in [1.82, 2.24) is 5.32 Å². The molecule has 0 aliphatic carbocycles. The molecule has 0 saturated heterocycles. The topological polar surface area (TPSA) is 61.4 Å². The summed E-state index contributed by atoms with van der Waals surface area (Å²) in [7, 11) is 0. The molecule has 3 atom stereocenters. The minimum absolute atomic E-state index is 0.0593. The molecule has 5 heteroatoms. The Morgan fingerprint density at radius 3 is 2.45 bits per heavy atom. The molecule has 4 nitrogen and oxygen atoms in total. The Balaban J connectivity index is 2.39. The van der Waals surface area contributed by atoms with Crippen LogP contribution in [0.25, 0.3) is 0 Å². The monoisotopic (exact) mass is 310 g/mol. The van der Waals surface area contributed by atoms with Crippen LogP contribution in [0.15, 0.2) is 24.3 Å². The lowest BCUT2D eigenvalue weighted by Gasteiger charge is -2.31. The summed E-state index contributed by atoms with van der Waals surface area (Å²) in [5.41, 5.74) is -0.221. The quantitative estimate of drug-likeness (QED) is 0.692. The Morgan fingerprint density at radius 1 is 1.32 bits per heavy atom. The number of benzene rings is 1. The summed E-state index contributed by atoms with van der Waals surface area (Å²) in [4.78, 5) is 11.9. The van der Waals surface area contributed by atoms with Gasteiger partial charge in [-0.05, 0) is 44.0 Å². The Labute approximate surface area is 132 Å². The third-order valence-electron chi connectivity index (χ3n) is 4.10. The van der Waals surface area contributed by atoms with E-state index in [2.05, 4.69) is 10.6 Å². The standard InChI is InChI=1S/C17H27FN2O2/c1-5-12(2)17(4,22)11-19-13(3)10-16(21)20-15-8-6-14(18)7-9-15/h6-9,12-13,19,22H,5,10-11H2,1-4H3,(H,20,21). The van der Waals surface area contributed by atoms with Crippen molar-refractivity contribution in [2.45, 2.75) is 52.2 Å². The summed E-state index contributed by atoms with van der Waals surface area (Å²) >= 11 is 0. The van der Waals surface area contributed by atoms with Gasteiger partial charge in [0, 0.05) is 24.7 Å². The van der Waals surface area contributed by atoms with Gasteiger partial charge in [-0.2, -0.15) is 0 Å². The van der Waals surface area contributed by atoms with Crippen molar-refractivity contribution < 1.29 is 14.3 Å². The summed E-state index contributed by atoms with van der Waals surface area (Å²) in [5, 5.41) is 16.2. The smallest absolute Gasteiger partial charge is 0.225 e. The zero-order chi connectivity index (χ0) is 16.8. The largest absolute Gasteiger partial charge is 0.389 e. The van der Waals surface area contributed by atoms with E-state index in [9.17, 15) is 14.3 Å². The van der Waals surface area contributed by atoms with E-state index in [0.717, 1.165) is 6.42 Å². The number of aliphatic hydroxyl groups is 1. The molecule has 3 N–H and O–H groups in total. The Kier molecular flexibility index (Phi) is 6.97. The fourth-order valence-corrected chi connectivity index (χ4v) is 2.09. The van der Waals surface area contributed by atoms with Crippen molar-refractivity contribution in [1.29, 1.82) is 0 Å². The molecule has 0 saturated carbocycles. The molecule has 1 aromatic rings. The van der Waals surface area contributed by atoms with Gasteiger partial charge < -0.3 is 15.7 Å². The predicted octanol–water partition coefficient (Wildman–Crippen LogP) is 2.93. The van der Waals surface area contributed by atoms with E-state index in [1.54, 1.807) is 6.92 Å². The number of amides is 1. The summed E-state index contributed by atoms with van der Waals surface area (Å²) in [6, 6.07) is 5.61. The van der Waals surface area contributed by atoms with E-state index in [1.807, 2.05) is 20.8 Å². The van der Waals surface area contributed by atoms with E-state index in [1.165, 1.54) is 24.3 Å². The molecule has 0 radical (unpaired) electrons. The van der Waals surface area contributed by atoms with E-state index in [0.29, 0.717) is 12.2 Å². The van der Waals surface area contributed by atoms with Gasteiger partial charge in [-0.1, -0.05) is 20.3 Å². The normalized spacial score (nSPS) is 16.6. The first kappa shape index (κ1) is 18.6. The third kappa shape index (κ3) is 6.12. The van der Waals surface area contributed by atoms with Gasteiger partial charge in [0.15, 0.2) is 0 Å². The van der Waals surface area contributed by atoms with Crippen LogP contribution in [0.3, 0.4) is 0 Å². The molecule has 3 unspecified atom stereocenters. The lowest BCUT2D eigenvalue weighted by atomic mass is 9.88. The van der Waals surface area contributed by atoms with Gasteiger partial charge in [0.25, 0.3) is 0 Å². The van der Waals surface area contributed by atoms with Gasteiger partial charge in [-0.15, -0.1) is 0 Å². The third-order valence-corrected chi connectivity index (χ3v) is 4.10. The fourth-order valence-electron chi connectivity index (χ4n) is 2.09. The highest BCUT2D eigenvalue weighted by atomic mass is 19.1. The molecule has 0 aliphatic heterocycles. The van der Waals surface area contributed by atoms with Crippen LogP contribution in [0.4, 0.5) is 10.1 Å². The highest BCUT2D eigenvalue weighted by Gasteiger charge is 2.27. The number of carbonyl (C=O) groups is 1. The van der Waals surface area contributed by atoms with Crippen LogP contribution in [0.2, 0.25) is 0 Å². The first-order valence-corrected chi connectivity index (χ1v) is 7.75. The number of nitrogens with one attached hydrogen (secondary N) is 2. The van der Waals surface area contributed by atoms with E-state index in [4.69, 9.17) is 0 Å². The van der Waals surface area contributed by atoms with Crippen LogP contribution in [0, 0.1) is 11.7 Å². The Hall–Kier alpha value is -1.46. The molecule has 0 heterocycles. The van der Waals surface area contributed by atoms with Gasteiger partial charge in [0.2, 0.25) is 5.91 Å². The molecule has 0 aromatic heterocycles. The van der Waals surface area contributed by atoms with Gasteiger partial charge >= 0.3 is 0 Å². The molecule has 0 spiro atoms. The van der Waals surface area contributed by atoms with Gasteiger partial charge in [-0.25, -0.2) is 4.39 Å². The van der Waals surface area contributed by atoms with Crippen LogP contribution >= 0.6 is 0 Å². The predicted molar refractivity (Wildman–Crippen MR) is 87.2 cm³/mol. The van der Waals surface area contributed by atoms with E-state index < -0.39 is 5.60 Å². The maximum absolute atomic E-state index is 12.8. The minimum atomic E-state index is -0.795. The number of hydrogen-bond acceptors (Lipinski definition) is 3. The van der Waals surface area contributed by atoms with Crippen molar-refractivity contribution >= 4 is 11.6 Å². The van der Waals surface area contributed by atoms with Gasteiger partial charge in [-0.3, -0.25) is 4.79 Å². The number of anilines is 1. The number of rotatable bonds is 8. The lowest BCUT2D eigenvalue weighted by Crippen LogP contribution is -2.46. The second-order valence-corrected chi connectivity index (χ2v) is 6.21. The Morgan fingerprint density at radius 2 is 1.91 bits per heavy atom. The second-order valence-electron chi connectivity index (χ2n) is 6.21. The van der Waals surface area contributed by atoms with Crippen LogP contribution in [-0.4, -0.2) is 29.2 Å². The molecule has 1 amide bonds. The number of carbonyl (C=O) groups excluding carboxylic acids is 1. The molecule has 0 bridgehead atoms. The van der Waals surface area contributed by atoms with Crippen molar-refractivity contribution in [3.8, 4) is 0 Å². The van der Waals surface area contributed by atoms with E-state index >= 15 is 0 Å². The van der Waals surface area contributed by atoms with Gasteiger partial charge in [0.05, 0.1) is 5.60 Å². The van der Waals surface area contributed by atoms with Crippen molar-refractivity contribution in [3.63, 3.8) is 0 Å². The molecule has 22 heavy (non-hydrogen) atoms.